The summed E-state index contributed by atoms with van der Waals surface area (Å²) in [6.45, 7) is 5.92. The number of carbonyl (C=O) groups is 2. The highest BCUT2D eigenvalue weighted by Crippen LogP contribution is 2.27. The number of nitrogens with one attached hydrogen (secondary N) is 2. The number of hydrogen-bond donors (Lipinski definition) is 2. The minimum absolute atomic E-state index is 0.178. The Hall–Kier alpha value is -2.05. The SMILES string of the molecule is Cn1cc(C(=O)NCC2(NC(=O)OC(C)(C)C)CCCCCC2)cn1. The van der Waals surface area contributed by atoms with Crippen LogP contribution in [0.4, 0.5) is 4.79 Å². The molecule has 1 aromatic heterocycles. The van der Waals surface area contributed by atoms with Crippen LogP contribution >= 0.6 is 0 Å². The number of aryl methyl sites for hydroxylation is 1. The third kappa shape index (κ3) is 6.07. The van der Waals surface area contributed by atoms with Crippen molar-refractivity contribution in [3.63, 3.8) is 0 Å². The van der Waals surface area contributed by atoms with Crippen molar-refractivity contribution in [3.05, 3.63) is 18.0 Å². The van der Waals surface area contributed by atoms with Gasteiger partial charge < -0.3 is 15.4 Å². The van der Waals surface area contributed by atoms with Crippen LogP contribution in [0.1, 0.15) is 69.7 Å². The highest BCUT2D eigenvalue weighted by Gasteiger charge is 2.34. The van der Waals surface area contributed by atoms with E-state index in [9.17, 15) is 9.59 Å². The van der Waals surface area contributed by atoms with E-state index in [1.54, 1.807) is 17.9 Å². The fraction of sp³-hybridized carbons (Fsp3) is 0.722. The predicted molar refractivity (Wildman–Crippen MR) is 95.3 cm³/mol. The second-order valence-electron chi connectivity index (χ2n) is 7.91. The van der Waals surface area contributed by atoms with Gasteiger partial charge in [0.25, 0.3) is 5.91 Å². The number of carbonyl (C=O) groups excluding carboxylic acids is 2. The van der Waals surface area contributed by atoms with Gasteiger partial charge in [-0.15, -0.1) is 0 Å². The quantitative estimate of drug-likeness (QED) is 0.818. The molecule has 7 heteroatoms. The van der Waals surface area contributed by atoms with Crippen molar-refractivity contribution in [3.8, 4) is 0 Å². The highest BCUT2D eigenvalue weighted by molar-refractivity contribution is 5.93. The summed E-state index contributed by atoms with van der Waals surface area (Å²) < 4.78 is 7.02. The molecule has 0 saturated heterocycles. The second-order valence-corrected chi connectivity index (χ2v) is 7.91. The zero-order chi connectivity index (χ0) is 18.5. The van der Waals surface area contributed by atoms with Crippen LogP contribution < -0.4 is 10.6 Å². The maximum atomic E-state index is 12.3. The monoisotopic (exact) mass is 350 g/mol. The fourth-order valence-corrected chi connectivity index (χ4v) is 3.16. The van der Waals surface area contributed by atoms with Crippen LogP contribution in [0.25, 0.3) is 0 Å². The van der Waals surface area contributed by atoms with Crippen molar-refractivity contribution in [2.75, 3.05) is 6.54 Å². The van der Waals surface area contributed by atoms with Gasteiger partial charge in [0.05, 0.1) is 17.3 Å². The Bertz CT molecular complexity index is 596. The zero-order valence-electron chi connectivity index (χ0n) is 15.7. The summed E-state index contributed by atoms with van der Waals surface area (Å²) in [5.74, 6) is -0.178. The average Bonchev–Trinajstić information content (AvgIpc) is 2.80. The lowest BCUT2D eigenvalue weighted by molar-refractivity contribution is 0.0437. The van der Waals surface area contributed by atoms with Crippen LogP contribution in [-0.2, 0) is 11.8 Å². The first-order valence-corrected chi connectivity index (χ1v) is 8.97. The third-order valence-electron chi connectivity index (χ3n) is 4.38. The fourth-order valence-electron chi connectivity index (χ4n) is 3.16. The molecule has 1 aromatic rings. The van der Waals surface area contributed by atoms with Crippen molar-refractivity contribution < 1.29 is 14.3 Å². The summed E-state index contributed by atoms with van der Waals surface area (Å²) in [4.78, 5) is 24.6. The first-order chi connectivity index (χ1) is 11.7. The van der Waals surface area contributed by atoms with E-state index in [2.05, 4.69) is 15.7 Å². The van der Waals surface area contributed by atoms with Crippen LogP contribution in [0.15, 0.2) is 12.4 Å². The standard InChI is InChI=1S/C18H30N4O3/c1-17(2,3)25-16(24)21-18(9-7-5-6-8-10-18)13-19-15(23)14-11-20-22(4)12-14/h11-12H,5-10,13H2,1-4H3,(H,19,23)(H,21,24). The molecular weight excluding hydrogens is 320 g/mol. The molecule has 2 amide bonds. The number of ether oxygens (including phenoxy) is 1. The largest absolute Gasteiger partial charge is 0.444 e. The topological polar surface area (TPSA) is 85.2 Å². The van der Waals surface area contributed by atoms with Crippen LogP contribution in [-0.4, -0.2) is 39.5 Å². The molecule has 1 aliphatic carbocycles. The lowest BCUT2D eigenvalue weighted by Gasteiger charge is -2.35. The van der Waals surface area contributed by atoms with Gasteiger partial charge in [-0.2, -0.15) is 5.10 Å². The molecule has 0 radical (unpaired) electrons. The van der Waals surface area contributed by atoms with Crippen molar-refractivity contribution in [1.82, 2.24) is 20.4 Å². The molecule has 0 aromatic carbocycles. The minimum Gasteiger partial charge on any atom is -0.444 e. The Kier molecular flexibility index (Phi) is 6.08. The van der Waals surface area contributed by atoms with Gasteiger partial charge in [-0.25, -0.2) is 4.79 Å². The minimum atomic E-state index is -0.547. The molecule has 1 heterocycles. The average molecular weight is 350 g/mol. The molecule has 1 saturated carbocycles. The zero-order valence-corrected chi connectivity index (χ0v) is 15.7. The van der Waals surface area contributed by atoms with Crippen molar-refractivity contribution in [2.24, 2.45) is 7.05 Å². The van der Waals surface area contributed by atoms with Gasteiger partial charge in [0.1, 0.15) is 5.60 Å². The van der Waals surface area contributed by atoms with Crippen molar-refractivity contribution in [2.45, 2.75) is 70.4 Å². The van der Waals surface area contributed by atoms with E-state index in [4.69, 9.17) is 4.74 Å². The van der Waals surface area contributed by atoms with Gasteiger partial charge in [-0.05, 0) is 33.6 Å². The number of hydrogen-bond acceptors (Lipinski definition) is 4. The molecule has 140 valence electrons. The summed E-state index contributed by atoms with van der Waals surface area (Å²) in [6.07, 6.45) is 8.80. The van der Waals surface area contributed by atoms with Gasteiger partial charge in [0, 0.05) is 19.8 Å². The van der Waals surface area contributed by atoms with Gasteiger partial charge in [-0.3, -0.25) is 9.48 Å². The molecule has 2 N–H and O–H groups in total. The first-order valence-electron chi connectivity index (χ1n) is 8.97. The summed E-state index contributed by atoms with van der Waals surface area (Å²) in [5, 5.41) is 10.0. The Morgan fingerprint density at radius 1 is 1.24 bits per heavy atom. The van der Waals surface area contributed by atoms with E-state index < -0.39 is 17.2 Å². The summed E-state index contributed by atoms with van der Waals surface area (Å²) >= 11 is 0. The Balaban J connectivity index is 2.04. The Morgan fingerprint density at radius 3 is 2.40 bits per heavy atom. The van der Waals surface area contributed by atoms with E-state index in [0.717, 1.165) is 38.5 Å². The molecule has 25 heavy (non-hydrogen) atoms. The summed E-state index contributed by atoms with van der Waals surface area (Å²) in [6, 6.07) is 0. The van der Waals surface area contributed by atoms with Gasteiger partial charge >= 0.3 is 6.09 Å². The molecule has 0 aliphatic heterocycles. The number of aromatic nitrogens is 2. The number of rotatable bonds is 4. The van der Waals surface area contributed by atoms with Gasteiger partial charge in [-0.1, -0.05) is 25.7 Å². The molecule has 1 fully saturated rings. The van der Waals surface area contributed by atoms with Crippen molar-refractivity contribution >= 4 is 12.0 Å². The van der Waals surface area contributed by atoms with Gasteiger partial charge in [0.2, 0.25) is 0 Å². The molecule has 0 spiro atoms. The smallest absolute Gasteiger partial charge is 0.408 e. The van der Waals surface area contributed by atoms with E-state index in [0.29, 0.717) is 12.1 Å². The number of alkyl carbamates (subject to hydrolysis) is 1. The number of amides is 2. The molecule has 0 unspecified atom stereocenters. The summed E-state index contributed by atoms with van der Waals surface area (Å²) in [5.41, 5.74) is -0.491. The Morgan fingerprint density at radius 2 is 1.88 bits per heavy atom. The normalized spacial score (nSPS) is 17.4. The lowest BCUT2D eigenvalue weighted by Crippen LogP contribution is -2.56. The van der Waals surface area contributed by atoms with Crippen LogP contribution in [0.2, 0.25) is 0 Å². The second kappa shape index (κ2) is 7.89. The molecule has 7 nitrogen and oxygen atoms in total. The van der Waals surface area contributed by atoms with Crippen molar-refractivity contribution in [1.29, 1.82) is 0 Å². The Labute approximate surface area is 149 Å². The lowest BCUT2D eigenvalue weighted by atomic mass is 9.90. The van der Waals surface area contributed by atoms with E-state index in [1.165, 1.54) is 6.20 Å². The van der Waals surface area contributed by atoms with Gasteiger partial charge in [0.15, 0.2) is 0 Å². The van der Waals surface area contributed by atoms with Crippen LogP contribution in [0, 0.1) is 0 Å². The number of nitrogens with zero attached hydrogens (tertiary/aromatic N) is 2. The molecule has 1 aliphatic rings. The van der Waals surface area contributed by atoms with Crippen LogP contribution in [0.5, 0.6) is 0 Å². The van der Waals surface area contributed by atoms with E-state index >= 15 is 0 Å². The molecular formula is C18H30N4O3. The maximum absolute atomic E-state index is 12.3. The molecule has 0 atom stereocenters. The first kappa shape index (κ1) is 19.3. The molecule has 0 bridgehead atoms. The predicted octanol–water partition coefficient (Wildman–Crippen LogP) is 2.77. The van der Waals surface area contributed by atoms with E-state index in [-0.39, 0.29) is 5.91 Å². The maximum Gasteiger partial charge on any atom is 0.408 e. The van der Waals surface area contributed by atoms with E-state index in [1.807, 2.05) is 20.8 Å². The summed E-state index contributed by atoms with van der Waals surface area (Å²) in [7, 11) is 1.77. The van der Waals surface area contributed by atoms with Crippen LogP contribution in [0.3, 0.4) is 0 Å². The highest BCUT2D eigenvalue weighted by atomic mass is 16.6. The third-order valence-corrected chi connectivity index (χ3v) is 4.38. The molecule has 2 rings (SSSR count).